The highest BCUT2D eigenvalue weighted by molar-refractivity contribution is 5.86. The van der Waals surface area contributed by atoms with Gasteiger partial charge in [0.25, 0.3) is 0 Å². The molecule has 6 nitrogen and oxygen atoms in total. The van der Waals surface area contributed by atoms with Crippen LogP contribution in [0.5, 0.6) is 11.6 Å². The van der Waals surface area contributed by atoms with Gasteiger partial charge in [-0.15, -0.1) is 0 Å². The van der Waals surface area contributed by atoms with Gasteiger partial charge in [0.2, 0.25) is 5.88 Å². The molecule has 0 unspecified atom stereocenters. The molecule has 0 N–H and O–H groups in total. The molecule has 2 aliphatic rings. The van der Waals surface area contributed by atoms with Crippen molar-refractivity contribution < 1.29 is 13.9 Å². The van der Waals surface area contributed by atoms with Crippen LogP contribution in [0.25, 0.3) is 16.7 Å². The Balaban J connectivity index is 1.64. The summed E-state index contributed by atoms with van der Waals surface area (Å²) in [7, 11) is 0. The minimum atomic E-state index is -0.348. The molecule has 0 amide bonds. The van der Waals surface area contributed by atoms with Gasteiger partial charge in [0.05, 0.1) is 24.6 Å². The maximum Gasteiger partial charge on any atom is 0.336 e. The van der Waals surface area contributed by atoms with Gasteiger partial charge >= 0.3 is 5.63 Å². The van der Waals surface area contributed by atoms with E-state index in [2.05, 4.69) is 0 Å². The summed E-state index contributed by atoms with van der Waals surface area (Å²) in [6, 6.07) is 15.5. The molecule has 0 bridgehead atoms. The van der Waals surface area contributed by atoms with Crippen LogP contribution in [0.3, 0.4) is 0 Å². The third kappa shape index (κ3) is 2.36. The van der Waals surface area contributed by atoms with Gasteiger partial charge in [-0.2, -0.15) is 5.10 Å². The van der Waals surface area contributed by atoms with Crippen LogP contribution >= 0.6 is 0 Å². The van der Waals surface area contributed by atoms with Crippen molar-refractivity contribution in [2.75, 3.05) is 13.2 Å². The lowest BCUT2D eigenvalue weighted by Gasteiger charge is -2.37. The molecule has 2 aromatic heterocycles. The lowest BCUT2D eigenvalue weighted by atomic mass is 9.77. The summed E-state index contributed by atoms with van der Waals surface area (Å²) in [5.74, 6) is 1.62. The fourth-order valence-corrected chi connectivity index (χ4v) is 4.81. The number of fused-ring (bicyclic) bond motifs is 7. The van der Waals surface area contributed by atoms with Crippen molar-refractivity contribution in [2.24, 2.45) is 5.92 Å². The van der Waals surface area contributed by atoms with E-state index in [4.69, 9.17) is 19.0 Å². The van der Waals surface area contributed by atoms with Crippen molar-refractivity contribution in [2.45, 2.75) is 19.8 Å². The molecule has 0 spiro atoms. The predicted molar refractivity (Wildman–Crippen MR) is 112 cm³/mol. The van der Waals surface area contributed by atoms with Crippen LogP contribution < -0.4 is 15.1 Å². The van der Waals surface area contributed by atoms with E-state index in [0.29, 0.717) is 18.8 Å². The largest absolute Gasteiger partial charge is 0.493 e. The van der Waals surface area contributed by atoms with Crippen LogP contribution in [-0.2, 0) is 0 Å². The Morgan fingerprint density at radius 1 is 1.00 bits per heavy atom. The quantitative estimate of drug-likeness (QED) is 0.450. The van der Waals surface area contributed by atoms with E-state index in [-0.39, 0.29) is 17.5 Å². The highest BCUT2D eigenvalue weighted by atomic mass is 16.5. The summed E-state index contributed by atoms with van der Waals surface area (Å²) in [6.07, 6.45) is 0. The molecule has 0 fully saturated rings. The van der Waals surface area contributed by atoms with Crippen LogP contribution in [0.15, 0.2) is 57.7 Å². The normalized spacial score (nSPS) is 19.4. The Morgan fingerprint density at radius 3 is 2.63 bits per heavy atom. The van der Waals surface area contributed by atoms with Crippen molar-refractivity contribution in [3.63, 3.8) is 0 Å². The van der Waals surface area contributed by atoms with E-state index in [9.17, 15) is 4.79 Å². The summed E-state index contributed by atoms with van der Waals surface area (Å²) in [4.78, 5) is 12.2. The second kappa shape index (κ2) is 6.23. The molecule has 30 heavy (non-hydrogen) atoms. The molecule has 6 rings (SSSR count). The molecule has 4 aromatic rings. The first-order valence-electron chi connectivity index (χ1n) is 10.1. The molecular weight excluding hydrogens is 380 g/mol. The number of nitrogens with zero attached hydrogens (tertiary/aromatic N) is 2. The van der Waals surface area contributed by atoms with Crippen molar-refractivity contribution in [1.29, 1.82) is 0 Å². The van der Waals surface area contributed by atoms with Gasteiger partial charge in [-0.1, -0.05) is 18.2 Å². The number of ether oxygens (including phenoxy) is 2. The Kier molecular flexibility index (Phi) is 3.60. The minimum absolute atomic E-state index is 0.0105. The van der Waals surface area contributed by atoms with Crippen LogP contribution in [-0.4, -0.2) is 23.0 Å². The molecule has 0 saturated carbocycles. The van der Waals surface area contributed by atoms with Gasteiger partial charge < -0.3 is 13.9 Å². The average Bonchev–Trinajstić information content (AvgIpc) is 3.10. The van der Waals surface area contributed by atoms with Gasteiger partial charge in [0.1, 0.15) is 11.3 Å². The van der Waals surface area contributed by atoms with E-state index in [1.54, 1.807) is 0 Å². The molecule has 4 heterocycles. The molecule has 2 aromatic carbocycles. The fourth-order valence-electron chi connectivity index (χ4n) is 4.81. The SMILES string of the molecule is Cc1nn(-c2ccccc2)c2c1[C@H]1c3c(ccc4c(C)cc(=O)oc34)OC[C@H]1CO2. The lowest BCUT2D eigenvalue weighted by Crippen LogP contribution is -2.35. The van der Waals surface area contributed by atoms with E-state index in [1.165, 1.54) is 6.07 Å². The Morgan fingerprint density at radius 2 is 1.80 bits per heavy atom. The summed E-state index contributed by atoms with van der Waals surface area (Å²) < 4.78 is 19.9. The van der Waals surface area contributed by atoms with Crippen LogP contribution in [0.1, 0.15) is 28.3 Å². The highest BCUT2D eigenvalue weighted by Gasteiger charge is 2.43. The van der Waals surface area contributed by atoms with E-state index < -0.39 is 0 Å². The van der Waals surface area contributed by atoms with Gasteiger partial charge in [-0.3, -0.25) is 0 Å². The number of hydrogen-bond donors (Lipinski definition) is 0. The van der Waals surface area contributed by atoms with Crippen LogP contribution in [0.2, 0.25) is 0 Å². The molecule has 0 aliphatic carbocycles. The number of rotatable bonds is 1. The van der Waals surface area contributed by atoms with E-state index in [0.717, 1.165) is 45.1 Å². The molecule has 150 valence electrons. The zero-order chi connectivity index (χ0) is 20.4. The van der Waals surface area contributed by atoms with Crippen LogP contribution in [0, 0.1) is 19.8 Å². The second-order valence-electron chi connectivity index (χ2n) is 8.01. The van der Waals surface area contributed by atoms with Gasteiger partial charge in [-0.05, 0) is 43.7 Å². The highest BCUT2D eigenvalue weighted by Crippen LogP contribution is 2.51. The topological polar surface area (TPSA) is 66.5 Å². The van der Waals surface area contributed by atoms with Gasteiger partial charge in [-0.25, -0.2) is 9.48 Å². The minimum Gasteiger partial charge on any atom is -0.493 e. The van der Waals surface area contributed by atoms with Crippen molar-refractivity contribution in [1.82, 2.24) is 9.78 Å². The summed E-state index contributed by atoms with van der Waals surface area (Å²) >= 11 is 0. The molecular formula is C24H20N2O4. The first kappa shape index (κ1) is 17.3. The molecule has 2 atom stereocenters. The number of benzene rings is 2. The second-order valence-corrected chi connectivity index (χ2v) is 8.01. The molecule has 0 radical (unpaired) electrons. The molecule has 2 aliphatic heterocycles. The number of para-hydroxylation sites is 1. The monoisotopic (exact) mass is 400 g/mol. The fraction of sp³-hybridized carbons (Fsp3) is 0.250. The summed E-state index contributed by atoms with van der Waals surface area (Å²) in [5, 5.41) is 5.73. The third-order valence-electron chi connectivity index (χ3n) is 6.16. The van der Waals surface area contributed by atoms with Gasteiger partial charge in [0, 0.05) is 34.4 Å². The van der Waals surface area contributed by atoms with Crippen molar-refractivity contribution in [3.05, 3.63) is 81.3 Å². The molecule has 0 saturated heterocycles. The van der Waals surface area contributed by atoms with Crippen LogP contribution in [0.4, 0.5) is 0 Å². The maximum absolute atomic E-state index is 12.2. The van der Waals surface area contributed by atoms with E-state index in [1.807, 2.05) is 61.0 Å². The zero-order valence-electron chi connectivity index (χ0n) is 16.7. The summed E-state index contributed by atoms with van der Waals surface area (Å²) in [5.41, 5.74) is 4.97. The predicted octanol–water partition coefficient (Wildman–Crippen LogP) is 4.13. The number of aryl methyl sites for hydroxylation is 2. The maximum atomic E-state index is 12.2. The first-order valence-corrected chi connectivity index (χ1v) is 10.1. The lowest BCUT2D eigenvalue weighted by molar-refractivity contribution is 0.121. The van der Waals surface area contributed by atoms with Crippen molar-refractivity contribution in [3.8, 4) is 17.3 Å². The zero-order valence-corrected chi connectivity index (χ0v) is 16.7. The molecule has 6 heteroatoms. The Hall–Kier alpha value is -3.54. The Labute approximate surface area is 172 Å². The average molecular weight is 400 g/mol. The first-order chi connectivity index (χ1) is 14.6. The van der Waals surface area contributed by atoms with Crippen molar-refractivity contribution >= 4 is 11.0 Å². The van der Waals surface area contributed by atoms with Gasteiger partial charge in [0.15, 0.2) is 0 Å². The smallest absolute Gasteiger partial charge is 0.336 e. The number of aromatic nitrogens is 2. The Bertz CT molecular complexity index is 1350. The van der Waals surface area contributed by atoms with E-state index >= 15 is 0 Å². The summed E-state index contributed by atoms with van der Waals surface area (Å²) in [6.45, 7) is 5.00. The standard InChI is InChI=1S/C24H20N2O4/c1-13-10-19(27)30-23-17(13)8-9-18-22(23)21-15(11-28-18)12-29-24-20(21)14(2)25-26(24)16-6-4-3-5-7-16/h3-10,15,21H,11-12H2,1-2H3/t15-,21-/m0/s1. The number of hydrogen-bond acceptors (Lipinski definition) is 5. The third-order valence-corrected chi connectivity index (χ3v) is 6.16.